The van der Waals surface area contributed by atoms with Crippen molar-refractivity contribution >= 4 is 34.8 Å². The van der Waals surface area contributed by atoms with Crippen molar-refractivity contribution < 1.29 is 9.32 Å². The summed E-state index contributed by atoms with van der Waals surface area (Å²) in [7, 11) is 0. The van der Waals surface area contributed by atoms with E-state index >= 15 is 0 Å². The van der Waals surface area contributed by atoms with Crippen LogP contribution in [0.5, 0.6) is 0 Å². The standard InChI is InChI=1S/C22H18Cl2N4O2/c1-13-21(14(2)28(26-13)12-15-6-4-3-5-7-15)25-22(29)19-11-20(30-27-19)16-8-9-17(23)18(24)10-16/h3-11H,12H2,1-2H3,(H,25,29). The molecule has 1 N–H and O–H groups in total. The van der Waals surface area contributed by atoms with Crippen molar-refractivity contribution in [1.82, 2.24) is 14.9 Å². The number of hydrogen-bond acceptors (Lipinski definition) is 4. The molecule has 6 nitrogen and oxygen atoms in total. The second-order valence-electron chi connectivity index (χ2n) is 6.85. The van der Waals surface area contributed by atoms with Crippen molar-refractivity contribution in [3.63, 3.8) is 0 Å². The maximum atomic E-state index is 12.7. The lowest BCUT2D eigenvalue weighted by Gasteiger charge is -2.06. The van der Waals surface area contributed by atoms with Crippen molar-refractivity contribution in [1.29, 1.82) is 0 Å². The lowest BCUT2D eigenvalue weighted by molar-refractivity contribution is 0.101. The fourth-order valence-electron chi connectivity index (χ4n) is 3.13. The number of amides is 1. The molecule has 2 aromatic carbocycles. The number of carbonyl (C=O) groups is 1. The monoisotopic (exact) mass is 440 g/mol. The molecule has 0 atom stereocenters. The molecule has 4 aromatic rings. The van der Waals surface area contributed by atoms with Gasteiger partial charge in [0, 0.05) is 11.6 Å². The highest BCUT2D eigenvalue weighted by molar-refractivity contribution is 6.42. The lowest BCUT2D eigenvalue weighted by Crippen LogP contribution is -2.13. The van der Waals surface area contributed by atoms with Gasteiger partial charge in [0.05, 0.1) is 33.7 Å². The van der Waals surface area contributed by atoms with E-state index in [1.165, 1.54) is 0 Å². The maximum Gasteiger partial charge on any atom is 0.277 e. The van der Waals surface area contributed by atoms with E-state index in [2.05, 4.69) is 15.6 Å². The summed E-state index contributed by atoms with van der Waals surface area (Å²) < 4.78 is 7.18. The Balaban J connectivity index is 1.53. The number of hydrogen-bond donors (Lipinski definition) is 1. The van der Waals surface area contributed by atoms with Crippen LogP contribution in [0.4, 0.5) is 5.69 Å². The number of aryl methyl sites for hydroxylation is 1. The van der Waals surface area contributed by atoms with E-state index in [1.54, 1.807) is 24.3 Å². The fraction of sp³-hybridized carbons (Fsp3) is 0.136. The zero-order valence-electron chi connectivity index (χ0n) is 16.3. The van der Waals surface area contributed by atoms with Crippen LogP contribution in [0.2, 0.25) is 10.0 Å². The van der Waals surface area contributed by atoms with Crippen LogP contribution in [0.15, 0.2) is 59.1 Å². The molecule has 2 aromatic heterocycles. The van der Waals surface area contributed by atoms with Gasteiger partial charge >= 0.3 is 0 Å². The van der Waals surface area contributed by atoms with Crippen LogP contribution in [0.1, 0.15) is 27.4 Å². The predicted molar refractivity (Wildman–Crippen MR) is 117 cm³/mol. The maximum absolute atomic E-state index is 12.7. The average molecular weight is 441 g/mol. The zero-order chi connectivity index (χ0) is 21.3. The van der Waals surface area contributed by atoms with Gasteiger partial charge in [-0.05, 0) is 37.6 Å². The van der Waals surface area contributed by atoms with Crippen molar-refractivity contribution in [2.45, 2.75) is 20.4 Å². The number of rotatable bonds is 5. The highest BCUT2D eigenvalue weighted by Gasteiger charge is 2.19. The minimum atomic E-state index is -0.379. The third-order valence-corrected chi connectivity index (χ3v) is 5.48. The molecular formula is C22H18Cl2N4O2. The van der Waals surface area contributed by atoms with E-state index in [-0.39, 0.29) is 11.6 Å². The van der Waals surface area contributed by atoms with E-state index in [9.17, 15) is 4.79 Å². The first-order valence-corrected chi connectivity index (χ1v) is 9.99. The molecule has 1 amide bonds. The van der Waals surface area contributed by atoms with Crippen molar-refractivity contribution in [3.05, 3.63) is 87.3 Å². The molecule has 0 aliphatic carbocycles. The van der Waals surface area contributed by atoms with E-state index in [0.717, 1.165) is 17.0 Å². The Morgan fingerprint density at radius 3 is 2.57 bits per heavy atom. The molecule has 2 heterocycles. The van der Waals surface area contributed by atoms with Crippen molar-refractivity contribution in [2.24, 2.45) is 0 Å². The van der Waals surface area contributed by atoms with Gasteiger partial charge in [-0.15, -0.1) is 0 Å². The second kappa shape index (κ2) is 8.34. The van der Waals surface area contributed by atoms with Crippen LogP contribution in [0.3, 0.4) is 0 Å². The minimum Gasteiger partial charge on any atom is -0.355 e. The quantitative estimate of drug-likeness (QED) is 0.427. The van der Waals surface area contributed by atoms with E-state index in [0.29, 0.717) is 33.6 Å². The topological polar surface area (TPSA) is 73.0 Å². The minimum absolute atomic E-state index is 0.158. The Labute approximate surface area is 183 Å². The van der Waals surface area contributed by atoms with Gasteiger partial charge in [0.1, 0.15) is 0 Å². The molecule has 4 rings (SSSR count). The summed E-state index contributed by atoms with van der Waals surface area (Å²) in [5.74, 6) is 0.0439. The van der Waals surface area contributed by atoms with Crippen LogP contribution >= 0.6 is 23.2 Å². The number of halogens is 2. The van der Waals surface area contributed by atoms with E-state index < -0.39 is 0 Å². The summed E-state index contributed by atoms with van der Waals surface area (Å²) in [6, 6.07) is 16.7. The summed E-state index contributed by atoms with van der Waals surface area (Å²) in [6.07, 6.45) is 0. The number of nitrogens with one attached hydrogen (secondary N) is 1. The van der Waals surface area contributed by atoms with Gasteiger partial charge in [-0.1, -0.05) is 58.7 Å². The Morgan fingerprint density at radius 1 is 1.07 bits per heavy atom. The Bertz CT molecular complexity index is 1220. The smallest absolute Gasteiger partial charge is 0.277 e. The van der Waals surface area contributed by atoms with Crippen LogP contribution < -0.4 is 5.32 Å². The number of nitrogens with zero attached hydrogens (tertiary/aromatic N) is 3. The second-order valence-corrected chi connectivity index (χ2v) is 7.66. The predicted octanol–water partition coefficient (Wildman–Crippen LogP) is 5.76. The van der Waals surface area contributed by atoms with E-state index in [1.807, 2.05) is 48.9 Å². The average Bonchev–Trinajstić information content (AvgIpc) is 3.32. The summed E-state index contributed by atoms with van der Waals surface area (Å²) in [6.45, 7) is 4.39. The Kier molecular flexibility index (Phi) is 5.61. The van der Waals surface area contributed by atoms with Gasteiger partial charge in [-0.25, -0.2) is 0 Å². The summed E-state index contributed by atoms with van der Waals surface area (Å²) in [5, 5.41) is 12.2. The number of anilines is 1. The molecular weight excluding hydrogens is 423 g/mol. The van der Waals surface area contributed by atoms with Gasteiger partial charge in [-0.2, -0.15) is 5.10 Å². The normalized spacial score (nSPS) is 10.9. The zero-order valence-corrected chi connectivity index (χ0v) is 17.8. The number of carbonyl (C=O) groups excluding carboxylic acids is 1. The molecule has 0 saturated carbocycles. The van der Waals surface area contributed by atoms with Gasteiger partial charge < -0.3 is 9.84 Å². The van der Waals surface area contributed by atoms with Crippen molar-refractivity contribution in [2.75, 3.05) is 5.32 Å². The fourth-order valence-corrected chi connectivity index (χ4v) is 3.43. The number of benzene rings is 2. The highest BCUT2D eigenvalue weighted by atomic mass is 35.5. The summed E-state index contributed by atoms with van der Waals surface area (Å²) >= 11 is 12.0. The molecule has 8 heteroatoms. The molecule has 30 heavy (non-hydrogen) atoms. The highest BCUT2D eigenvalue weighted by Crippen LogP contribution is 2.29. The summed E-state index contributed by atoms with van der Waals surface area (Å²) in [5.41, 5.74) is 4.21. The third kappa shape index (κ3) is 4.10. The van der Waals surface area contributed by atoms with Crippen LogP contribution in [0, 0.1) is 13.8 Å². The molecule has 152 valence electrons. The molecule has 0 saturated heterocycles. The SMILES string of the molecule is Cc1nn(Cc2ccccc2)c(C)c1NC(=O)c1cc(-c2ccc(Cl)c(Cl)c2)on1. The van der Waals surface area contributed by atoms with Crippen LogP contribution in [0.25, 0.3) is 11.3 Å². The lowest BCUT2D eigenvalue weighted by atomic mass is 10.1. The molecule has 0 bridgehead atoms. The van der Waals surface area contributed by atoms with Crippen LogP contribution in [-0.2, 0) is 6.54 Å². The van der Waals surface area contributed by atoms with E-state index in [4.69, 9.17) is 27.7 Å². The third-order valence-electron chi connectivity index (χ3n) is 4.74. The van der Waals surface area contributed by atoms with Gasteiger partial charge in [0.15, 0.2) is 11.5 Å². The molecule has 0 unspecified atom stereocenters. The first-order chi connectivity index (χ1) is 14.4. The first-order valence-electron chi connectivity index (χ1n) is 9.24. The molecule has 0 fully saturated rings. The number of aromatic nitrogens is 3. The first kappa shape index (κ1) is 20.2. The summed E-state index contributed by atoms with van der Waals surface area (Å²) in [4.78, 5) is 12.7. The molecule has 0 aliphatic heterocycles. The molecule has 0 radical (unpaired) electrons. The van der Waals surface area contributed by atoms with Gasteiger partial charge in [0.25, 0.3) is 5.91 Å². The van der Waals surface area contributed by atoms with Gasteiger partial charge in [-0.3, -0.25) is 9.48 Å². The largest absolute Gasteiger partial charge is 0.355 e. The Hall–Kier alpha value is -3.09. The molecule has 0 aliphatic rings. The van der Waals surface area contributed by atoms with Crippen molar-refractivity contribution in [3.8, 4) is 11.3 Å². The van der Waals surface area contributed by atoms with Gasteiger partial charge in [0.2, 0.25) is 0 Å². The Morgan fingerprint density at radius 2 is 1.83 bits per heavy atom. The van der Waals surface area contributed by atoms with Crippen LogP contribution in [-0.4, -0.2) is 20.8 Å². The molecule has 0 spiro atoms.